The van der Waals surface area contributed by atoms with E-state index in [0.717, 1.165) is 63.2 Å². The highest BCUT2D eigenvalue weighted by molar-refractivity contribution is 5.73. The minimum absolute atomic E-state index is 0.0215. The fraction of sp³-hybridized carbons (Fsp3) is 0.706. The van der Waals surface area contributed by atoms with Crippen LogP contribution in [0.3, 0.4) is 0 Å². The van der Waals surface area contributed by atoms with E-state index >= 15 is 0 Å². The number of hydroxylamine groups is 1. The summed E-state index contributed by atoms with van der Waals surface area (Å²) in [5, 5.41) is 0. The van der Waals surface area contributed by atoms with Crippen LogP contribution in [0.25, 0.3) is 5.57 Å². The number of allylic oxidation sites excluding steroid dienone is 3. The highest BCUT2D eigenvalue weighted by atomic mass is 16.7. The highest BCUT2D eigenvalue weighted by Crippen LogP contribution is 2.66. The molecule has 218 valence electrons. The van der Waals surface area contributed by atoms with Crippen molar-refractivity contribution in [2.24, 2.45) is 34.5 Å². The lowest BCUT2D eigenvalue weighted by Crippen LogP contribution is -2.51. The molecule has 3 fully saturated rings. The Balaban J connectivity index is 1.04. The Kier molecular flexibility index (Phi) is 7.97. The number of nitrogens with zero attached hydrogens (tertiary/aromatic N) is 3. The summed E-state index contributed by atoms with van der Waals surface area (Å²) in [4.78, 5) is 27.7. The Morgan fingerprint density at radius 2 is 1.90 bits per heavy atom. The molecule has 1 aliphatic heterocycles. The normalized spacial score (nSPS) is 36.3. The maximum Gasteiger partial charge on any atom is 0.327 e. The molecule has 1 aromatic heterocycles. The molecule has 2 saturated carbocycles. The Morgan fingerprint density at radius 3 is 2.65 bits per heavy atom. The summed E-state index contributed by atoms with van der Waals surface area (Å²) in [5.74, 6) is 2.25. The van der Waals surface area contributed by atoms with E-state index in [9.17, 15) is 4.79 Å². The Bertz CT molecular complexity index is 1120. The van der Waals surface area contributed by atoms with Gasteiger partial charge in [-0.1, -0.05) is 37.6 Å². The molecule has 0 spiro atoms. The monoisotopic (exact) mass is 546 g/mol. The van der Waals surface area contributed by atoms with Crippen molar-refractivity contribution in [3.8, 4) is 0 Å². The molecule has 6 rings (SSSR count). The third-order valence-corrected chi connectivity index (χ3v) is 11.8. The van der Waals surface area contributed by atoms with Crippen molar-refractivity contribution >= 4 is 11.5 Å². The molecular formula is C34H50N4O2. The molecule has 0 amide bonds. The summed E-state index contributed by atoms with van der Waals surface area (Å²) < 4.78 is 0. The van der Waals surface area contributed by atoms with Gasteiger partial charge in [-0.3, -0.25) is 9.78 Å². The van der Waals surface area contributed by atoms with Crippen molar-refractivity contribution in [3.63, 3.8) is 0 Å². The van der Waals surface area contributed by atoms with E-state index in [1.807, 2.05) is 6.20 Å². The van der Waals surface area contributed by atoms with Crippen LogP contribution in [-0.4, -0.2) is 67.1 Å². The average molecular weight is 547 g/mol. The Labute approximate surface area is 241 Å². The standard InChI is InChI=1S/C34H50N4O2/c1-33-15-11-27(36-40-32(39)24-13-18-38(19-14-24)21-20-37(3)4)22-26(33)7-8-28-30-10-9-29(25-6-5-17-35-23-25)34(30,2)16-12-31(28)33/h5-6,9,17,22-24,27-28,30-31,36H,7-8,10-16,18-21H2,1-4H3. The lowest BCUT2D eigenvalue weighted by molar-refractivity contribution is -0.159. The Hall–Kier alpha value is -2.02. The zero-order valence-electron chi connectivity index (χ0n) is 25.2. The van der Waals surface area contributed by atoms with Crippen molar-refractivity contribution in [1.29, 1.82) is 0 Å². The van der Waals surface area contributed by atoms with Crippen LogP contribution in [0.5, 0.6) is 0 Å². The summed E-state index contributed by atoms with van der Waals surface area (Å²) in [6.45, 7) is 9.20. The van der Waals surface area contributed by atoms with E-state index in [2.05, 4.69) is 78.7 Å². The average Bonchev–Trinajstić information content (AvgIpc) is 3.32. The number of fused-ring (bicyclic) bond motifs is 5. The molecule has 1 aromatic rings. The van der Waals surface area contributed by atoms with Crippen molar-refractivity contribution < 1.29 is 9.63 Å². The molecule has 6 atom stereocenters. The van der Waals surface area contributed by atoms with Crippen LogP contribution in [0.15, 0.2) is 42.3 Å². The molecule has 2 heterocycles. The van der Waals surface area contributed by atoms with E-state index in [4.69, 9.17) is 4.84 Å². The van der Waals surface area contributed by atoms with Gasteiger partial charge in [-0.25, -0.2) is 0 Å². The number of hydrogen-bond donors (Lipinski definition) is 1. The van der Waals surface area contributed by atoms with Crippen molar-refractivity contribution in [2.45, 2.75) is 77.7 Å². The van der Waals surface area contributed by atoms with Crippen molar-refractivity contribution in [3.05, 3.63) is 47.8 Å². The van der Waals surface area contributed by atoms with E-state index in [-0.39, 0.29) is 28.8 Å². The molecule has 0 radical (unpaired) electrons. The van der Waals surface area contributed by atoms with Gasteiger partial charge in [0.15, 0.2) is 0 Å². The predicted molar refractivity (Wildman–Crippen MR) is 160 cm³/mol. The van der Waals surface area contributed by atoms with Gasteiger partial charge in [0.2, 0.25) is 0 Å². The van der Waals surface area contributed by atoms with Gasteiger partial charge in [-0.2, -0.15) is 0 Å². The molecule has 4 aliphatic carbocycles. The number of aromatic nitrogens is 1. The van der Waals surface area contributed by atoms with E-state index < -0.39 is 0 Å². The first-order chi connectivity index (χ1) is 19.3. The number of carbonyl (C=O) groups excluding carboxylic acids is 1. The number of piperidine rings is 1. The zero-order valence-corrected chi connectivity index (χ0v) is 25.2. The van der Waals surface area contributed by atoms with Crippen LogP contribution in [-0.2, 0) is 9.63 Å². The molecule has 6 unspecified atom stereocenters. The second kappa shape index (κ2) is 11.3. The molecule has 40 heavy (non-hydrogen) atoms. The lowest BCUT2D eigenvalue weighted by atomic mass is 9.46. The highest BCUT2D eigenvalue weighted by Gasteiger charge is 2.57. The smallest absolute Gasteiger partial charge is 0.327 e. The topological polar surface area (TPSA) is 57.7 Å². The van der Waals surface area contributed by atoms with Gasteiger partial charge in [0.05, 0.1) is 12.0 Å². The zero-order chi connectivity index (χ0) is 27.9. The third-order valence-electron chi connectivity index (χ3n) is 11.8. The molecule has 6 heteroatoms. The first-order valence-electron chi connectivity index (χ1n) is 15.9. The van der Waals surface area contributed by atoms with Crippen LogP contribution < -0.4 is 5.48 Å². The number of rotatable bonds is 7. The SMILES string of the molecule is CN(C)CCN1CCC(C(=O)ONC2C=C3CCC4C(CCC5(C)C(c6cccnc6)=CCC45)C3(C)CC2)CC1. The van der Waals surface area contributed by atoms with Gasteiger partial charge in [0.1, 0.15) is 0 Å². The van der Waals surface area contributed by atoms with Gasteiger partial charge < -0.3 is 14.6 Å². The molecule has 1 N–H and O–H groups in total. The van der Waals surface area contributed by atoms with Crippen LogP contribution in [0.1, 0.15) is 77.2 Å². The number of nitrogens with one attached hydrogen (secondary N) is 1. The second-order valence-electron chi connectivity index (χ2n) is 14.2. The summed E-state index contributed by atoms with van der Waals surface area (Å²) in [5.41, 5.74) is 8.24. The molecule has 1 saturated heterocycles. The van der Waals surface area contributed by atoms with Gasteiger partial charge in [-0.15, -0.1) is 5.48 Å². The van der Waals surface area contributed by atoms with E-state index in [1.165, 1.54) is 44.1 Å². The number of hydrogen-bond acceptors (Lipinski definition) is 6. The van der Waals surface area contributed by atoms with E-state index in [0.29, 0.717) is 0 Å². The summed E-state index contributed by atoms with van der Waals surface area (Å²) in [6, 6.07) is 4.47. The van der Waals surface area contributed by atoms with Crippen molar-refractivity contribution in [2.75, 3.05) is 40.3 Å². The van der Waals surface area contributed by atoms with Crippen LogP contribution in [0, 0.1) is 34.5 Å². The number of carbonyl (C=O) groups is 1. The summed E-state index contributed by atoms with van der Waals surface area (Å²) in [6.07, 6.45) is 19.2. The molecule has 5 aliphatic rings. The number of likely N-dealkylation sites (tertiary alicyclic amines) is 1. The molecular weight excluding hydrogens is 496 g/mol. The molecule has 0 aromatic carbocycles. The van der Waals surface area contributed by atoms with Gasteiger partial charge in [0.25, 0.3) is 0 Å². The third kappa shape index (κ3) is 5.20. The van der Waals surface area contributed by atoms with E-state index in [1.54, 1.807) is 11.1 Å². The first-order valence-corrected chi connectivity index (χ1v) is 15.9. The van der Waals surface area contributed by atoms with Crippen LogP contribution in [0.2, 0.25) is 0 Å². The molecule has 6 nitrogen and oxygen atoms in total. The Morgan fingerprint density at radius 1 is 1.10 bits per heavy atom. The number of pyridine rings is 1. The van der Waals surface area contributed by atoms with Gasteiger partial charge in [0, 0.05) is 25.5 Å². The minimum Gasteiger partial charge on any atom is -0.370 e. The fourth-order valence-electron chi connectivity index (χ4n) is 9.31. The predicted octanol–water partition coefficient (Wildman–Crippen LogP) is 5.73. The second-order valence-corrected chi connectivity index (χ2v) is 14.2. The summed E-state index contributed by atoms with van der Waals surface area (Å²) in [7, 11) is 4.23. The van der Waals surface area contributed by atoms with Crippen molar-refractivity contribution in [1.82, 2.24) is 20.3 Å². The number of likely N-dealkylation sites (N-methyl/N-ethyl adjacent to an activating group) is 1. The molecule has 0 bridgehead atoms. The van der Waals surface area contributed by atoms with Gasteiger partial charge >= 0.3 is 5.97 Å². The maximum absolute atomic E-state index is 12.9. The first kappa shape index (κ1) is 28.1. The summed E-state index contributed by atoms with van der Waals surface area (Å²) >= 11 is 0. The maximum atomic E-state index is 12.9. The van der Waals surface area contributed by atoms with Crippen LogP contribution >= 0.6 is 0 Å². The van der Waals surface area contributed by atoms with Gasteiger partial charge in [-0.05, 0) is 131 Å². The minimum atomic E-state index is -0.0626. The van der Waals surface area contributed by atoms with Crippen LogP contribution in [0.4, 0.5) is 0 Å². The quantitative estimate of drug-likeness (QED) is 0.348. The lowest BCUT2D eigenvalue weighted by Gasteiger charge is -2.58. The largest absolute Gasteiger partial charge is 0.370 e. The fourth-order valence-corrected chi connectivity index (χ4v) is 9.31.